The molecule has 0 aliphatic rings. The summed E-state index contributed by atoms with van der Waals surface area (Å²) >= 11 is 5.41. The summed E-state index contributed by atoms with van der Waals surface area (Å²) in [4.78, 5) is 11.0. The van der Waals surface area contributed by atoms with Crippen LogP contribution in [0.25, 0.3) is 0 Å². The van der Waals surface area contributed by atoms with E-state index in [0.29, 0.717) is 24.5 Å². The fourth-order valence-corrected chi connectivity index (χ4v) is 0.773. The standard InChI is InChI=1S/C9H13ClO3/c1-3-6-12-7-13-9(11)8(2)4-5-10/h3H,1-2,4-7H2. The number of ether oxygens (including phenoxy) is 2. The minimum Gasteiger partial charge on any atom is -0.435 e. The molecule has 0 radical (unpaired) electrons. The van der Waals surface area contributed by atoms with Crippen LogP contribution in [0.5, 0.6) is 0 Å². The first-order valence-corrected chi connectivity index (χ1v) is 4.35. The maximum absolute atomic E-state index is 11.0. The summed E-state index contributed by atoms with van der Waals surface area (Å²) in [6, 6.07) is 0. The van der Waals surface area contributed by atoms with E-state index < -0.39 is 5.97 Å². The molecule has 0 spiro atoms. The Kier molecular flexibility index (Phi) is 7.35. The molecule has 0 rings (SSSR count). The van der Waals surface area contributed by atoms with Crippen molar-refractivity contribution in [3.05, 3.63) is 24.8 Å². The molecule has 0 aromatic rings. The van der Waals surface area contributed by atoms with Gasteiger partial charge in [-0.1, -0.05) is 12.7 Å². The van der Waals surface area contributed by atoms with Gasteiger partial charge >= 0.3 is 5.97 Å². The third-order valence-corrected chi connectivity index (χ3v) is 1.38. The summed E-state index contributed by atoms with van der Waals surface area (Å²) in [6.45, 7) is 7.23. The second kappa shape index (κ2) is 7.83. The molecule has 13 heavy (non-hydrogen) atoms. The van der Waals surface area contributed by atoms with E-state index in [1.165, 1.54) is 0 Å². The number of hydrogen-bond acceptors (Lipinski definition) is 3. The molecule has 0 unspecified atom stereocenters. The van der Waals surface area contributed by atoms with Gasteiger partial charge in [-0.25, -0.2) is 4.79 Å². The molecule has 0 saturated heterocycles. The Bertz CT molecular complexity index is 189. The van der Waals surface area contributed by atoms with Crippen LogP contribution in [-0.4, -0.2) is 25.2 Å². The lowest BCUT2D eigenvalue weighted by Crippen LogP contribution is -2.10. The van der Waals surface area contributed by atoms with Crippen LogP contribution >= 0.6 is 11.6 Å². The lowest BCUT2D eigenvalue weighted by Gasteiger charge is -2.04. The van der Waals surface area contributed by atoms with E-state index >= 15 is 0 Å². The molecule has 4 heteroatoms. The van der Waals surface area contributed by atoms with Gasteiger partial charge in [-0.05, 0) is 6.42 Å². The molecular formula is C9H13ClO3. The third-order valence-electron chi connectivity index (χ3n) is 1.19. The topological polar surface area (TPSA) is 35.5 Å². The van der Waals surface area contributed by atoms with Crippen molar-refractivity contribution in [3.63, 3.8) is 0 Å². The minimum absolute atomic E-state index is 0.0772. The van der Waals surface area contributed by atoms with Gasteiger partial charge in [0.2, 0.25) is 0 Å². The van der Waals surface area contributed by atoms with E-state index in [1.807, 2.05) is 0 Å². The zero-order valence-corrected chi connectivity index (χ0v) is 8.18. The zero-order valence-electron chi connectivity index (χ0n) is 7.42. The molecular weight excluding hydrogens is 192 g/mol. The molecule has 0 aromatic heterocycles. The summed E-state index contributed by atoms with van der Waals surface area (Å²) in [5.74, 6) is -0.105. The zero-order chi connectivity index (χ0) is 10.1. The Morgan fingerprint density at radius 3 is 2.77 bits per heavy atom. The van der Waals surface area contributed by atoms with Crippen molar-refractivity contribution in [1.82, 2.24) is 0 Å². The van der Waals surface area contributed by atoms with Gasteiger partial charge < -0.3 is 9.47 Å². The van der Waals surface area contributed by atoms with Crippen LogP contribution in [0.15, 0.2) is 24.8 Å². The van der Waals surface area contributed by atoms with Crippen LogP contribution in [0.3, 0.4) is 0 Å². The second-order valence-corrected chi connectivity index (χ2v) is 2.63. The molecule has 0 aromatic carbocycles. The molecule has 0 atom stereocenters. The first-order chi connectivity index (χ1) is 6.22. The first kappa shape index (κ1) is 12.2. The number of esters is 1. The molecule has 74 valence electrons. The maximum atomic E-state index is 11.0. The van der Waals surface area contributed by atoms with Crippen molar-refractivity contribution in [2.75, 3.05) is 19.3 Å². The summed E-state index contributed by atoms with van der Waals surface area (Å²) in [7, 11) is 0. The fourth-order valence-electron chi connectivity index (χ4n) is 0.545. The number of carbonyl (C=O) groups excluding carboxylic acids is 1. The Morgan fingerprint density at radius 2 is 2.23 bits per heavy atom. The molecule has 0 heterocycles. The van der Waals surface area contributed by atoms with Crippen LogP contribution < -0.4 is 0 Å². The highest BCUT2D eigenvalue weighted by Crippen LogP contribution is 2.02. The van der Waals surface area contributed by atoms with E-state index in [1.54, 1.807) is 6.08 Å². The van der Waals surface area contributed by atoms with Crippen LogP contribution in [0.1, 0.15) is 6.42 Å². The molecule has 0 fully saturated rings. The van der Waals surface area contributed by atoms with Gasteiger partial charge in [0.25, 0.3) is 0 Å². The molecule has 0 N–H and O–H groups in total. The van der Waals surface area contributed by atoms with Gasteiger partial charge in [0, 0.05) is 11.5 Å². The predicted molar refractivity (Wildman–Crippen MR) is 51.6 cm³/mol. The van der Waals surface area contributed by atoms with Crippen molar-refractivity contribution in [1.29, 1.82) is 0 Å². The molecule has 0 amide bonds. The quantitative estimate of drug-likeness (QED) is 0.159. The molecule has 0 aliphatic carbocycles. The van der Waals surface area contributed by atoms with Crippen LogP contribution in [-0.2, 0) is 14.3 Å². The summed E-state index contributed by atoms with van der Waals surface area (Å²) < 4.78 is 9.54. The van der Waals surface area contributed by atoms with Gasteiger partial charge in [-0.3, -0.25) is 0 Å². The molecule has 0 saturated carbocycles. The molecule has 3 nitrogen and oxygen atoms in total. The number of rotatable bonds is 7. The van der Waals surface area contributed by atoms with Crippen molar-refractivity contribution in [3.8, 4) is 0 Å². The highest BCUT2D eigenvalue weighted by molar-refractivity contribution is 6.18. The van der Waals surface area contributed by atoms with E-state index in [9.17, 15) is 4.79 Å². The molecule has 0 aliphatic heterocycles. The first-order valence-electron chi connectivity index (χ1n) is 3.82. The van der Waals surface area contributed by atoms with Crippen molar-refractivity contribution < 1.29 is 14.3 Å². The normalized spacial score (nSPS) is 9.31. The van der Waals surface area contributed by atoms with Gasteiger partial charge in [-0.15, -0.1) is 18.2 Å². The fraction of sp³-hybridized carbons (Fsp3) is 0.444. The van der Waals surface area contributed by atoms with E-state index in [4.69, 9.17) is 21.1 Å². The summed E-state index contributed by atoms with van der Waals surface area (Å²) in [5, 5.41) is 0. The Balaban J connectivity index is 3.50. The van der Waals surface area contributed by atoms with Gasteiger partial charge in [0.15, 0.2) is 6.79 Å². The van der Waals surface area contributed by atoms with Crippen LogP contribution in [0.4, 0.5) is 0 Å². The second-order valence-electron chi connectivity index (χ2n) is 2.25. The smallest absolute Gasteiger partial charge is 0.335 e. The number of halogens is 1. The molecule has 0 bridgehead atoms. The number of alkyl halides is 1. The average Bonchev–Trinajstić information content (AvgIpc) is 2.12. The van der Waals surface area contributed by atoms with Gasteiger partial charge in [0.05, 0.1) is 6.61 Å². The largest absolute Gasteiger partial charge is 0.435 e. The van der Waals surface area contributed by atoms with Gasteiger partial charge in [0.1, 0.15) is 0 Å². The van der Waals surface area contributed by atoms with Crippen molar-refractivity contribution in [2.24, 2.45) is 0 Å². The van der Waals surface area contributed by atoms with E-state index in [2.05, 4.69) is 13.2 Å². The summed E-state index contributed by atoms with van der Waals surface area (Å²) in [5.41, 5.74) is 0.359. The highest BCUT2D eigenvalue weighted by Gasteiger charge is 2.06. The van der Waals surface area contributed by atoms with Crippen molar-refractivity contribution >= 4 is 17.6 Å². The van der Waals surface area contributed by atoms with E-state index in [-0.39, 0.29) is 6.79 Å². The number of carbonyl (C=O) groups is 1. The lowest BCUT2D eigenvalue weighted by atomic mass is 10.2. The average molecular weight is 205 g/mol. The highest BCUT2D eigenvalue weighted by atomic mass is 35.5. The number of hydrogen-bond donors (Lipinski definition) is 0. The van der Waals surface area contributed by atoms with Gasteiger partial charge in [-0.2, -0.15) is 0 Å². The monoisotopic (exact) mass is 204 g/mol. The SMILES string of the molecule is C=CCOCOC(=O)C(=C)CCCl. The third kappa shape index (κ3) is 6.37. The Hall–Kier alpha value is -0.800. The van der Waals surface area contributed by atoms with Crippen molar-refractivity contribution in [2.45, 2.75) is 6.42 Å². The Morgan fingerprint density at radius 1 is 1.54 bits per heavy atom. The summed E-state index contributed by atoms with van der Waals surface area (Å²) in [6.07, 6.45) is 2.00. The van der Waals surface area contributed by atoms with Crippen LogP contribution in [0.2, 0.25) is 0 Å². The van der Waals surface area contributed by atoms with Crippen LogP contribution in [0, 0.1) is 0 Å². The van der Waals surface area contributed by atoms with E-state index in [0.717, 1.165) is 0 Å². The minimum atomic E-state index is -0.468. The predicted octanol–water partition coefficient (Wildman–Crippen LogP) is 1.87. The maximum Gasteiger partial charge on any atom is 0.335 e. The lowest BCUT2D eigenvalue weighted by molar-refractivity contribution is -0.150. The Labute approximate surface area is 83.0 Å².